The summed E-state index contributed by atoms with van der Waals surface area (Å²) >= 11 is 0. The molecule has 28 heavy (non-hydrogen) atoms. The second-order valence-electron chi connectivity index (χ2n) is 7.55. The molecule has 0 N–H and O–H groups in total. The van der Waals surface area contributed by atoms with Crippen molar-refractivity contribution in [1.29, 1.82) is 0 Å². The Morgan fingerprint density at radius 2 is 1.96 bits per heavy atom. The van der Waals surface area contributed by atoms with Gasteiger partial charge in [-0.25, -0.2) is 9.37 Å². The Labute approximate surface area is 163 Å². The Morgan fingerprint density at radius 1 is 1.21 bits per heavy atom. The lowest BCUT2D eigenvalue weighted by molar-refractivity contribution is -0.117. The number of aromatic nitrogens is 2. The number of carbonyl (C=O) groups excluding carboxylic acids is 1. The van der Waals surface area contributed by atoms with Crippen LogP contribution in [-0.4, -0.2) is 41.6 Å². The van der Waals surface area contributed by atoms with Gasteiger partial charge in [0.15, 0.2) is 0 Å². The molecule has 1 saturated carbocycles. The van der Waals surface area contributed by atoms with Crippen LogP contribution in [0.3, 0.4) is 0 Å². The molecular formula is C21H24FN3O3. The number of nitrogens with zero attached hydrogens (tertiary/aromatic N) is 3. The maximum absolute atomic E-state index is 13.9. The monoisotopic (exact) mass is 385 g/mol. The predicted octanol–water partition coefficient (Wildman–Crippen LogP) is 1.99. The zero-order valence-electron chi connectivity index (χ0n) is 16.0. The number of carbonyl (C=O) groups is 1. The maximum atomic E-state index is 13.9. The average molecular weight is 385 g/mol. The van der Waals surface area contributed by atoms with Crippen molar-refractivity contribution < 1.29 is 13.9 Å². The molecule has 0 bridgehead atoms. The van der Waals surface area contributed by atoms with Crippen molar-refractivity contribution in [3.63, 3.8) is 0 Å². The summed E-state index contributed by atoms with van der Waals surface area (Å²) < 4.78 is 20.7. The van der Waals surface area contributed by atoms with Crippen LogP contribution in [0.15, 0.2) is 29.1 Å². The number of morpholine rings is 1. The van der Waals surface area contributed by atoms with Gasteiger partial charge in [0.25, 0.3) is 5.56 Å². The molecule has 1 aliphatic heterocycles. The van der Waals surface area contributed by atoms with Crippen molar-refractivity contribution in [3.8, 4) is 0 Å². The molecule has 2 aromatic rings. The molecule has 1 saturated heterocycles. The van der Waals surface area contributed by atoms with E-state index >= 15 is 0 Å². The van der Waals surface area contributed by atoms with E-state index in [2.05, 4.69) is 4.98 Å². The zero-order chi connectivity index (χ0) is 19.7. The lowest BCUT2D eigenvalue weighted by Crippen LogP contribution is -2.38. The van der Waals surface area contributed by atoms with E-state index in [0.717, 1.165) is 18.4 Å². The first-order chi connectivity index (χ1) is 13.5. The molecule has 148 valence electrons. The highest BCUT2D eigenvalue weighted by Gasteiger charge is 2.27. The molecule has 1 aliphatic carbocycles. The molecule has 2 fully saturated rings. The molecule has 7 heteroatoms. The van der Waals surface area contributed by atoms with Gasteiger partial charge < -0.3 is 9.64 Å². The van der Waals surface area contributed by atoms with Gasteiger partial charge in [-0.05, 0) is 36.0 Å². The smallest absolute Gasteiger partial charge is 0.255 e. The lowest BCUT2D eigenvalue weighted by Gasteiger charge is -2.28. The molecule has 0 unspecified atom stereocenters. The molecule has 6 nitrogen and oxygen atoms in total. The molecular weight excluding hydrogens is 361 g/mol. The highest BCUT2D eigenvalue weighted by Crippen LogP contribution is 2.41. The number of rotatable bonds is 6. The van der Waals surface area contributed by atoms with Crippen LogP contribution < -0.4 is 10.5 Å². The van der Waals surface area contributed by atoms with E-state index in [-0.39, 0.29) is 30.0 Å². The lowest BCUT2D eigenvalue weighted by atomic mass is 10.0. The summed E-state index contributed by atoms with van der Waals surface area (Å²) in [7, 11) is 1.63. The fraction of sp³-hybridized carbons (Fsp3) is 0.476. The summed E-state index contributed by atoms with van der Waals surface area (Å²) in [4.78, 5) is 31.5. The third-order valence-electron chi connectivity index (χ3n) is 5.38. The Kier molecular flexibility index (Phi) is 5.26. The third-order valence-corrected chi connectivity index (χ3v) is 5.38. The standard InChI is InChI=1S/C21H24FN3O3/c1-24-19(23-20(13-21(24)27)25-6-8-28-9-7-25)12-16(26)10-14-2-5-18(22)17(11-14)15-3-4-15/h2,5,11,13,15H,3-4,6-10,12H2,1H3. The summed E-state index contributed by atoms with van der Waals surface area (Å²) in [6.07, 6.45) is 2.29. The number of benzene rings is 1. The van der Waals surface area contributed by atoms with Crippen molar-refractivity contribution >= 4 is 11.6 Å². The van der Waals surface area contributed by atoms with Crippen LogP contribution in [0.5, 0.6) is 0 Å². The van der Waals surface area contributed by atoms with Crippen molar-refractivity contribution in [2.75, 3.05) is 31.2 Å². The molecule has 0 atom stereocenters. The number of anilines is 1. The maximum Gasteiger partial charge on any atom is 0.255 e. The van der Waals surface area contributed by atoms with Gasteiger partial charge in [0, 0.05) is 32.6 Å². The Hall–Kier alpha value is -2.54. The van der Waals surface area contributed by atoms with Crippen LogP contribution in [-0.2, 0) is 29.4 Å². The van der Waals surface area contributed by atoms with Gasteiger partial charge in [-0.3, -0.25) is 14.2 Å². The van der Waals surface area contributed by atoms with Crippen molar-refractivity contribution in [1.82, 2.24) is 9.55 Å². The van der Waals surface area contributed by atoms with E-state index in [1.54, 1.807) is 13.1 Å². The van der Waals surface area contributed by atoms with Gasteiger partial charge in [0.1, 0.15) is 23.2 Å². The largest absolute Gasteiger partial charge is 0.378 e. The second kappa shape index (κ2) is 7.83. The van der Waals surface area contributed by atoms with Crippen LogP contribution in [0.25, 0.3) is 0 Å². The third kappa shape index (κ3) is 4.14. The zero-order valence-corrected chi connectivity index (χ0v) is 16.0. The second-order valence-corrected chi connectivity index (χ2v) is 7.55. The van der Waals surface area contributed by atoms with Gasteiger partial charge in [0.05, 0.1) is 19.6 Å². The van der Waals surface area contributed by atoms with Crippen molar-refractivity contribution in [3.05, 3.63) is 57.4 Å². The first-order valence-electron chi connectivity index (χ1n) is 9.71. The van der Waals surface area contributed by atoms with Crippen LogP contribution in [0, 0.1) is 5.82 Å². The molecule has 1 aromatic carbocycles. The first-order valence-corrected chi connectivity index (χ1v) is 9.71. The van der Waals surface area contributed by atoms with E-state index in [4.69, 9.17) is 4.74 Å². The van der Waals surface area contributed by atoms with Gasteiger partial charge in [0.2, 0.25) is 0 Å². The van der Waals surface area contributed by atoms with Crippen molar-refractivity contribution in [2.24, 2.45) is 7.05 Å². The quantitative estimate of drug-likeness (QED) is 0.761. The summed E-state index contributed by atoms with van der Waals surface area (Å²) in [6.45, 7) is 2.54. The number of hydrogen-bond acceptors (Lipinski definition) is 5. The normalized spacial score (nSPS) is 17.0. The Morgan fingerprint density at radius 3 is 2.68 bits per heavy atom. The molecule has 0 amide bonds. The summed E-state index contributed by atoms with van der Waals surface area (Å²) in [5.41, 5.74) is 1.34. The fourth-order valence-corrected chi connectivity index (χ4v) is 3.56. The number of halogens is 1. The summed E-state index contributed by atoms with van der Waals surface area (Å²) in [5, 5.41) is 0. The fourth-order valence-electron chi connectivity index (χ4n) is 3.56. The molecule has 1 aromatic heterocycles. The van der Waals surface area contributed by atoms with Gasteiger partial charge in [-0.1, -0.05) is 12.1 Å². The number of Topliss-reactive ketones (excluding diaryl/α,β-unsaturated/α-hetero) is 1. The first kappa shape index (κ1) is 18.8. The minimum absolute atomic E-state index is 0.0463. The van der Waals surface area contributed by atoms with Crippen LogP contribution in [0.4, 0.5) is 10.2 Å². The minimum atomic E-state index is -0.194. The number of ketones is 1. The topological polar surface area (TPSA) is 64.4 Å². The highest BCUT2D eigenvalue weighted by atomic mass is 19.1. The molecule has 0 spiro atoms. The SMILES string of the molecule is Cn1c(CC(=O)Cc2ccc(F)c(C3CC3)c2)nc(N2CCOCC2)cc1=O. The van der Waals surface area contributed by atoms with E-state index in [0.29, 0.717) is 49.4 Å². The van der Waals surface area contributed by atoms with Crippen LogP contribution >= 0.6 is 0 Å². The van der Waals surface area contributed by atoms with E-state index in [1.165, 1.54) is 16.7 Å². The average Bonchev–Trinajstić information content (AvgIpc) is 3.52. The van der Waals surface area contributed by atoms with Crippen LogP contribution in [0.2, 0.25) is 0 Å². The Bertz CT molecular complexity index is 946. The van der Waals surface area contributed by atoms with E-state index in [9.17, 15) is 14.0 Å². The molecule has 2 aliphatic rings. The minimum Gasteiger partial charge on any atom is -0.378 e. The predicted molar refractivity (Wildman–Crippen MR) is 103 cm³/mol. The number of ether oxygens (including phenoxy) is 1. The van der Waals surface area contributed by atoms with Crippen molar-refractivity contribution in [2.45, 2.75) is 31.6 Å². The summed E-state index contributed by atoms with van der Waals surface area (Å²) in [6, 6.07) is 6.42. The number of hydrogen-bond donors (Lipinski definition) is 0. The van der Waals surface area contributed by atoms with Gasteiger partial charge >= 0.3 is 0 Å². The Balaban J connectivity index is 1.50. The summed E-state index contributed by atoms with van der Waals surface area (Å²) in [5.74, 6) is 1.09. The highest BCUT2D eigenvalue weighted by molar-refractivity contribution is 5.82. The molecule has 4 rings (SSSR count). The molecule has 2 heterocycles. The van der Waals surface area contributed by atoms with Crippen LogP contribution in [0.1, 0.15) is 35.7 Å². The molecule has 0 radical (unpaired) electrons. The van der Waals surface area contributed by atoms with Gasteiger partial charge in [-0.15, -0.1) is 0 Å². The van der Waals surface area contributed by atoms with E-state index in [1.807, 2.05) is 11.0 Å². The van der Waals surface area contributed by atoms with Gasteiger partial charge in [-0.2, -0.15) is 0 Å². The van der Waals surface area contributed by atoms with E-state index < -0.39 is 0 Å².